The minimum absolute atomic E-state index is 0.178. The Morgan fingerprint density at radius 1 is 1.09 bits per heavy atom. The normalized spacial score (nSPS) is 15.6. The molecule has 1 unspecified atom stereocenters. The first-order valence-electron chi connectivity index (χ1n) is 11.0. The largest absolute Gasteiger partial charge is 0.486 e. The van der Waals surface area contributed by atoms with Crippen LogP contribution >= 0.6 is 0 Å². The predicted molar refractivity (Wildman–Crippen MR) is 130 cm³/mol. The molecule has 1 aliphatic carbocycles. The third-order valence-electron chi connectivity index (χ3n) is 5.85. The van der Waals surface area contributed by atoms with Gasteiger partial charge in [0.05, 0.1) is 18.7 Å². The summed E-state index contributed by atoms with van der Waals surface area (Å²) in [5.41, 5.74) is 3.22. The summed E-state index contributed by atoms with van der Waals surface area (Å²) >= 11 is 0. The molecule has 0 amide bonds. The van der Waals surface area contributed by atoms with E-state index in [0.29, 0.717) is 22.7 Å². The molecular formula is C26H24N2O6S. The Balaban J connectivity index is 1.48. The number of carbonyl (C=O) groups is 1. The summed E-state index contributed by atoms with van der Waals surface area (Å²) in [5.74, 6) is -0.287. The first kappa shape index (κ1) is 24.3. The fraction of sp³-hybridized carbons (Fsp3) is 0.231. The fourth-order valence-electron chi connectivity index (χ4n) is 4.26. The molecule has 3 N–H and O–H groups in total. The molecule has 0 saturated carbocycles. The van der Waals surface area contributed by atoms with Crippen LogP contribution in [0.25, 0.3) is 4.85 Å². The Hall–Kier alpha value is -3.87. The van der Waals surface area contributed by atoms with Crippen LogP contribution in [0.15, 0.2) is 66.7 Å². The lowest BCUT2D eigenvalue weighted by Crippen LogP contribution is -2.23. The van der Waals surface area contributed by atoms with Crippen LogP contribution in [0.5, 0.6) is 17.2 Å². The topological polar surface area (TPSA) is 120 Å². The molecule has 4 rings (SSSR count). The number of nitrogens with zero attached hydrogens (tertiary/aromatic N) is 1. The van der Waals surface area contributed by atoms with E-state index in [0.717, 1.165) is 29.7 Å². The molecule has 9 heteroatoms. The quantitative estimate of drug-likeness (QED) is 0.408. The highest BCUT2D eigenvalue weighted by atomic mass is 32.2. The van der Waals surface area contributed by atoms with Gasteiger partial charge in [0.2, 0.25) is 10.0 Å². The number of rotatable bonds is 9. The van der Waals surface area contributed by atoms with Crippen molar-refractivity contribution < 1.29 is 27.8 Å². The monoisotopic (exact) mass is 492 g/mol. The maximum atomic E-state index is 11.5. The molecule has 3 aromatic carbocycles. The van der Waals surface area contributed by atoms with Crippen LogP contribution in [0.1, 0.15) is 41.6 Å². The summed E-state index contributed by atoms with van der Waals surface area (Å²) in [7, 11) is -3.83. The Labute approximate surface area is 203 Å². The number of hydrogen-bond acceptors (Lipinski definition) is 5. The molecule has 0 heterocycles. The molecule has 35 heavy (non-hydrogen) atoms. The van der Waals surface area contributed by atoms with Crippen LogP contribution in [0, 0.1) is 6.57 Å². The second kappa shape index (κ2) is 10.2. The number of carboxylic acids is 1. The average molecular weight is 493 g/mol. The van der Waals surface area contributed by atoms with E-state index in [1.165, 1.54) is 0 Å². The van der Waals surface area contributed by atoms with E-state index in [9.17, 15) is 13.2 Å². The van der Waals surface area contributed by atoms with Crippen LogP contribution in [-0.4, -0.2) is 25.2 Å². The summed E-state index contributed by atoms with van der Waals surface area (Å²) < 4.78 is 35.3. The molecule has 2 atom stereocenters. The zero-order valence-corrected chi connectivity index (χ0v) is 19.6. The van der Waals surface area contributed by atoms with E-state index in [-0.39, 0.29) is 12.5 Å². The van der Waals surface area contributed by atoms with Crippen LogP contribution < -0.4 is 14.6 Å². The lowest BCUT2D eigenvalue weighted by atomic mass is 9.97. The molecular weight excluding hydrogens is 468 g/mol. The molecule has 0 radical (unpaired) electrons. The van der Waals surface area contributed by atoms with Gasteiger partial charge in [-0.25, -0.2) is 18.4 Å². The van der Waals surface area contributed by atoms with E-state index in [4.69, 9.17) is 26.3 Å². The first-order valence-corrected chi connectivity index (χ1v) is 12.7. The number of sulfonamides is 1. The Kier molecular flexibility index (Phi) is 7.05. The van der Waals surface area contributed by atoms with E-state index < -0.39 is 27.7 Å². The first-order chi connectivity index (χ1) is 16.7. The zero-order chi connectivity index (χ0) is 25.0. The van der Waals surface area contributed by atoms with Crippen molar-refractivity contribution in [2.45, 2.75) is 31.3 Å². The van der Waals surface area contributed by atoms with Gasteiger partial charge in [0.15, 0.2) is 5.69 Å². The highest BCUT2D eigenvalue weighted by molar-refractivity contribution is 7.89. The SMILES string of the molecule is [C-]#[N+]c1ccc(Oc2cccc3c2CC[C@H]3Oc2ccc(C(CC(=O)O)CS(N)(=O)=O)cc2)cc1. The number of benzene rings is 3. The van der Waals surface area contributed by atoms with Crippen molar-refractivity contribution in [2.24, 2.45) is 5.14 Å². The fourth-order valence-corrected chi connectivity index (χ4v) is 5.13. The third-order valence-corrected chi connectivity index (χ3v) is 6.72. The van der Waals surface area contributed by atoms with Crippen molar-refractivity contribution >= 4 is 21.7 Å². The predicted octanol–water partition coefficient (Wildman–Crippen LogP) is 4.94. The summed E-state index contributed by atoms with van der Waals surface area (Å²) in [4.78, 5) is 14.6. The van der Waals surface area contributed by atoms with Crippen LogP contribution in [-0.2, 0) is 21.2 Å². The lowest BCUT2D eigenvalue weighted by molar-refractivity contribution is -0.137. The molecule has 3 aromatic rings. The van der Waals surface area contributed by atoms with Gasteiger partial charge in [-0.05, 0) is 54.3 Å². The maximum Gasteiger partial charge on any atom is 0.303 e. The summed E-state index contributed by atoms with van der Waals surface area (Å²) in [6.07, 6.45) is 1.03. The van der Waals surface area contributed by atoms with Gasteiger partial charge in [0, 0.05) is 11.5 Å². The maximum absolute atomic E-state index is 11.5. The van der Waals surface area contributed by atoms with Gasteiger partial charge in [-0.1, -0.05) is 36.4 Å². The van der Waals surface area contributed by atoms with Gasteiger partial charge in [0.25, 0.3) is 0 Å². The Morgan fingerprint density at radius 2 is 1.77 bits per heavy atom. The second-order valence-electron chi connectivity index (χ2n) is 8.37. The van der Waals surface area contributed by atoms with Crippen molar-refractivity contribution in [2.75, 3.05) is 5.75 Å². The van der Waals surface area contributed by atoms with E-state index >= 15 is 0 Å². The molecule has 0 aromatic heterocycles. The van der Waals surface area contributed by atoms with Crippen LogP contribution in [0.2, 0.25) is 0 Å². The van der Waals surface area contributed by atoms with Crippen molar-refractivity contribution in [3.63, 3.8) is 0 Å². The smallest absolute Gasteiger partial charge is 0.303 e. The van der Waals surface area contributed by atoms with Crippen molar-refractivity contribution in [1.29, 1.82) is 0 Å². The van der Waals surface area contributed by atoms with Gasteiger partial charge >= 0.3 is 5.97 Å². The molecule has 0 saturated heterocycles. The molecule has 0 spiro atoms. The minimum atomic E-state index is -3.83. The van der Waals surface area contributed by atoms with Gasteiger partial charge < -0.3 is 14.6 Å². The van der Waals surface area contributed by atoms with Crippen LogP contribution in [0.4, 0.5) is 5.69 Å². The van der Waals surface area contributed by atoms with E-state index in [2.05, 4.69) is 4.85 Å². The number of fused-ring (bicyclic) bond motifs is 1. The second-order valence-corrected chi connectivity index (χ2v) is 10.0. The molecule has 0 aliphatic heterocycles. The van der Waals surface area contributed by atoms with Crippen molar-refractivity contribution in [1.82, 2.24) is 0 Å². The molecule has 0 fully saturated rings. The Bertz CT molecular complexity index is 1360. The number of nitrogens with two attached hydrogens (primary N) is 1. The number of aliphatic carboxylic acids is 1. The number of carboxylic acid groups (broad SMARTS) is 1. The number of ether oxygens (including phenoxy) is 2. The molecule has 0 bridgehead atoms. The standard InChI is InChI=1S/C26H24N2O6S/c1-28-19-7-11-21(12-8-19)33-24-4-2-3-22-23(24)13-14-25(22)34-20-9-5-17(6-10-20)18(15-26(29)30)16-35(27,31)32/h2-12,18,25H,13-16H2,(H,29,30)(H2,27,31,32)/t18?,25-/m1/s1. The third kappa shape index (κ3) is 6.18. The van der Waals surface area contributed by atoms with Gasteiger partial charge in [-0.2, -0.15) is 0 Å². The number of hydrogen-bond donors (Lipinski definition) is 2. The summed E-state index contributed by atoms with van der Waals surface area (Å²) in [6.45, 7) is 7.06. The minimum Gasteiger partial charge on any atom is -0.486 e. The van der Waals surface area contributed by atoms with Gasteiger partial charge in [0.1, 0.15) is 23.4 Å². The average Bonchev–Trinajstić information content (AvgIpc) is 3.22. The summed E-state index contributed by atoms with van der Waals surface area (Å²) in [5, 5.41) is 14.3. The van der Waals surface area contributed by atoms with Gasteiger partial charge in [-0.15, -0.1) is 0 Å². The molecule has 180 valence electrons. The Morgan fingerprint density at radius 3 is 2.40 bits per heavy atom. The number of primary sulfonamides is 1. The molecule has 8 nitrogen and oxygen atoms in total. The van der Waals surface area contributed by atoms with Crippen molar-refractivity contribution in [3.05, 3.63) is 94.8 Å². The van der Waals surface area contributed by atoms with Crippen LogP contribution in [0.3, 0.4) is 0 Å². The lowest BCUT2D eigenvalue weighted by Gasteiger charge is -2.18. The highest BCUT2D eigenvalue weighted by Crippen LogP contribution is 2.41. The summed E-state index contributed by atoms with van der Waals surface area (Å²) in [6, 6.07) is 19.6. The highest BCUT2D eigenvalue weighted by Gasteiger charge is 2.27. The molecule has 1 aliphatic rings. The van der Waals surface area contributed by atoms with Gasteiger partial charge in [-0.3, -0.25) is 4.79 Å². The van der Waals surface area contributed by atoms with E-state index in [1.807, 2.05) is 18.2 Å². The van der Waals surface area contributed by atoms with E-state index in [1.54, 1.807) is 48.5 Å². The zero-order valence-electron chi connectivity index (χ0n) is 18.8. The van der Waals surface area contributed by atoms with Crippen molar-refractivity contribution in [3.8, 4) is 17.2 Å².